The van der Waals surface area contributed by atoms with Crippen LogP contribution in [-0.4, -0.2) is 54.3 Å². The van der Waals surface area contributed by atoms with Gasteiger partial charge in [-0.25, -0.2) is 0 Å². The number of piperazine rings is 1. The Balaban J connectivity index is 1.71. The van der Waals surface area contributed by atoms with Gasteiger partial charge in [0.15, 0.2) is 0 Å². The van der Waals surface area contributed by atoms with Crippen LogP contribution in [0.15, 0.2) is 18.2 Å². The molecule has 0 spiro atoms. The molecular formula is C20H29N3O2. The van der Waals surface area contributed by atoms with Crippen molar-refractivity contribution >= 4 is 17.5 Å². The minimum Gasteiger partial charge on any atom is -0.339 e. The number of benzene rings is 1. The van der Waals surface area contributed by atoms with Gasteiger partial charge >= 0.3 is 0 Å². The Morgan fingerprint density at radius 1 is 1.12 bits per heavy atom. The molecule has 2 fully saturated rings. The van der Waals surface area contributed by atoms with Gasteiger partial charge in [-0.05, 0) is 43.9 Å². The van der Waals surface area contributed by atoms with Gasteiger partial charge in [-0.3, -0.25) is 9.59 Å². The molecule has 0 radical (unpaired) electrons. The van der Waals surface area contributed by atoms with E-state index in [1.807, 2.05) is 30.0 Å². The lowest BCUT2D eigenvalue weighted by atomic mass is 10.0. The molecule has 1 N–H and O–H groups in total. The maximum absolute atomic E-state index is 13.0. The van der Waals surface area contributed by atoms with Crippen LogP contribution in [0.25, 0.3) is 0 Å². The predicted octanol–water partition coefficient (Wildman–Crippen LogP) is 2.44. The molecule has 5 heteroatoms. The third-order valence-electron chi connectivity index (χ3n) is 5.68. The number of aryl methyl sites for hydroxylation is 2. The number of amides is 2. The lowest BCUT2D eigenvalue weighted by Gasteiger charge is -2.35. The van der Waals surface area contributed by atoms with Crippen LogP contribution in [0.3, 0.4) is 0 Å². The van der Waals surface area contributed by atoms with Gasteiger partial charge in [0, 0.05) is 31.9 Å². The molecule has 0 bridgehead atoms. The molecule has 0 unspecified atom stereocenters. The van der Waals surface area contributed by atoms with Crippen molar-refractivity contribution in [3.05, 3.63) is 29.3 Å². The lowest BCUT2D eigenvalue weighted by Crippen LogP contribution is -2.52. The van der Waals surface area contributed by atoms with Gasteiger partial charge in [-0.2, -0.15) is 0 Å². The standard InChI is InChI=1S/C20H29N3O2/c1-4-16-8-6-7-15(3)17(16)21-18(24)20(9-10-20)19(25)23-13-11-22(5-2)12-14-23/h6-8H,4-5,9-14H2,1-3H3,(H,21,24). The van der Waals surface area contributed by atoms with Crippen LogP contribution in [0.5, 0.6) is 0 Å². The van der Waals surface area contributed by atoms with Gasteiger partial charge in [0.25, 0.3) is 0 Å². The summed E-state index contributed by atoms with van der Waals surface area (Å²) in [7, 11) is 0. The number of nitrogens with zero attached hydrogens (tertiary/aromatic N) is 2. The molecule has 0 atom stereocenters. The summed E-state index contributed by atoms with van der Waals surface area (Å²) in [6, 6.07) is 6.04. The number of carbonyl (C=O) groups excluding carboxylic acids is 2. The van der Waals surface area contributed by atoms with E-state index in [1.54, 1.807) is 0 Å². The van der Waals surface area contributed by atoms with E-state index in [-0.39, 0.29) is 11.8 Å². The topological polar surface area (TPSA) is 52.7 Å². The highest BCUT2D eigenvalue weighted by Gasteiger charge is 2.58. The van der Waals surface area contributed by atoms with Gasteiger partial charge in [0.05, 0.1) is 0 Å². The van der Waals surface area contributed by atoms with Crippen LogP contribution in [0.4, 0.5) is 5.69 Å². The molecule has 25 heavy (non-hydrogen) atoms. The Labute approximate surface area is 150 Å². The van der Waals surface area contributed by atoms with Gasteiger partial charge in [-0.15, -0.1) is 0 Å². The van der Waals surface area contributed by atoms with Crippen molar-refractivity contribution in [1.29, 1.82) is 0 Å². The van der Waals surface area contributed by atoms with Crippen molar-refractivity contribution in [2.75, 3.05) is 38.0 Å². The van der Waals surface area contributed by atoms with E-state index in [1.165, 1.54) is 0 Å². The Kier molecular flexibility index (Phi) is 5.13. The number of anilines is 1. The molecule has 5 nitrogen and oxygen atoms in total. The summed E-state index contributed by atoms with van der Waals surface area (Å²) < 4.78 is 0. The zero-order valence-corrected chi connectivity index (χ0v) is 15.6. The van der Waals surface area contributed by atoms with Crippen LogP contribution in [0, 0.1) is 12.3 Å². The molecule has 1 aliphatic carbocycles. The fourth-order valence-electron chi connectivity index (χ4n) is 3.67. The SMILES string of the molecule is CCc1cccc(C)c1NC(=O)C1(C(=O)N2CCN(CC)CC2)CC1. The molecule has 1 aromatic rings. The monoisotopic (exact) mass is 343 g/mol. The molecule has 2 aliphatic rings. The van der Waals surface area contributed by atoms with E-state index in [0.717, 1.165) is 56.0 Å². The zero-order valence-electron chi connectivity index (χ0n) is 15.6. The van der Waals surface area contributed by atoms with E-state index in [4.69, 9.17) is 0 Å². The van der Waals surface area contributed by atoms with Crippen molar-refractivity contribution in [3.8, 4) is 0 Å². The number of carbonyl (C=O) groups is 2. The summed E-state index contributed by atoms with van der Waals surface area (Å²) in [5.41, 5.74) is 2.22. The van der Waals surface area contributed by atoms with Gasteiger partial charge in [0.1, 0.15) is 5.41 Å². The average Bonchev–Trinajstić information content (AvgIpc) is 3.44. The summed E-state index contributed by atoms with van der Waals surface area (Å²) in [5, 5.41) is 3.08. The molecule has 0 aromatic heterocycles. The first-order valence-corrected chi connectivity index (χ1v) is 9.43. The number of likely N-dealkylation sites (N-methyl/N-ethyl adjacent to an activating group) is 1. The molecule has 3 rings (SSSR count). The van der Waals surface area contributed by atoms with Crippen molar-refractivity contribution < 1.29 is 9.59 Å². The van der Waals surface area contributed by atoms with Crippen molar-refractivity contribution in [1.82, 2.24) is 9.80 Å². The number of hydrogen-bond donors (Lipinski definition) is 1. The third kappa shape index (κ3) is 3.43. The fourth-order valence-corrected chi connectivity index (χ4v) is 3.67. The Hall–Kier alpha value is -1.88. The molecule has 1 saturated heterocycles. The van der Waals surface area contributed by atoms with Crippen LogP contribution in [-0.2, 0) is 16.0 Å². The summed E-state index contributed by atoms with van der Waals surface area (Å²) in [4.78, 5) is 30.2. The van der Waals surface area contributed by atoms with Crippen molar-refractivity contribution in [2.45, 2.75) is 40.0 Å². The summed E-state index contributed by atoms with van der Waals surface area (Å²) >= 11 is 0. The number of para-hydroxylation sites is 1. The second-order valence-corrected chi connectivity index (χ2v) is 7.23. The lowest BCUT2D eigenvalue weighted by molar-refractivity contribution is -0.143. The van der Waals surface area contributed by atoms with Gasteiger partial charge < -0.3 is 15.1 Å². The van der Waals surface area contributed by atoms with Gasteiger partial charge in [-0.1, -0.05) is 32.0 Å². The van der Waals surface area contributed by atoms with Crippen LogP contribution in [0.2, 0.25) is 0 Å². The molecular weight excluding hydrogens is 314 g/mol. The molecule has 1 aliphatic heterocycles. The Morgan fingerprint density at radius 3 is 2.36 bits per heavy atom. The van der Waals surface area contributed by atoms with Crippen molar-refractivity contribution in [3.63, 3.8) is 0 Å². The largest absolute Gasteiger partial charge is 0.339 e. The molecule has 136 valence electrons. The van der Waals surface area contributed by atoms with Crippen LogP contribution >= 0.6 is 0 Å². The molecule has 1 aromatic carbocycles. The summed E-state index contributed by atoms with van der Waals surface area (Å²) in [6.07, 6.45) is 2.19. The Morgan fingerprint density at radius 2 is 1.80 bits per heavy atom. The maximum atomic E-state index is 13.0. The van der Waals surface area contributed by atoms with Crippen molar-refractivity contribution in [2.24, 2.45) is 5.41 Å². The Bertz CT molecular complexity index is 659. The summed E-state index contributed by atoms with van der Waals surface area (Å²) in [5.74, 6) is -0.105. The third-order valence-corrected chi connectivity index (χ3v) is 5.68. The second-order valence-electron chi connectivity index (χ2n) is 7.23. The minimum absolute atomic E-state index is 0.0207. The molecule has 1 saturated carbocycles. The van der Waals surface area contributed by atoms with Gasteiger partial charge in [0.2, 0.25) is 11.8 Å². The van der Waals surface area contributed by atoms with E-state index in [2.05, 4.69) is 24.1 Å². The number of nitrogens with one attached hydrogen (secondary N) is 1. The zero-order chi connectivity index (χ0) is 18.0. The summed E-state index contributed by atoms with van der Waals surface area (Å²) in [6.45, 7) is 10.5. The highest BCUT2D eigenvalue weighted by molar-refractivity contribution is 6.13. The van der Waals surface area contributed by atoms with E-state index in [9.17, 15) is 9.59 Å². The predicted molar refractivity (Wildman–Crippen MR) is 99.5 cm³/mol. The van der Waals surface area contributed by atoms with Crippen LogP contribution < -0.4 is 5.32 Å². The van der Waals surface area contributed by atoms with Crippen LogP contribution in [0.1, 0.15) is 37.8 Å². The first kappa shape index (κ1) is 17.9. The maximum Gasteiger partial charge on any atom is 0.240 e. The quantitative estimate of drug-likeness (QED) is 0.836. The van der Waals surface area contributed by atoms with E-state index >= 15 is 0 Å². The fraction of sp³-hybridized carbons (Fsp3) is 0.600. The number of rotatable bonds is 5. The highest BCUT2D eigenvalue weighted by Crippen LogP contribution is 2.48. The highest BCUT2D eigenvalue weighted by atomic mass is 16.2. The first-order valence-electron chi connectivity index (χ1n) is 9.43. The first-order chi connectivity index (χ1) is 12.0. The molecule has 2 amide bonds. The van der Waals surface area contributed by atoms with E-state index in [0.29, 0.717) is 12.8 Å². The number of hydrogen-bond acceptors (Lipinski definition) is 3. The molecule has 1 heterocycles. The minimum atomic E-state index is -0.832. The van der Waals surface area contributed by atoms with E-state index < -0.39 is 5.41 Å². The normalized spacial score (nSPS) is 19.6. The second kappa shape index (κ2) is 7.16. The smallest absolute Gasteiger partial charge is 0.240 e. The average molecular weight is 343 g/mol.